The Morgan fingerprint density at radius 3 is 2.61 bits per heavy atom. The number of hydrogen-bond donors (Lipinski definition) is 4. The molecule has 6 atom stereocenters. The highest BCUT2D eigenvalue weighted by Gasteiger charge is 2.45. The number of fused-ring (bicyclic) bond motifs is 3. The third-order valence-corrected chi connectivity index (χ3v) is 8.53. The van der Waals surface area contributed by atoms with Crippen LogP contribution < -0.4 is 10.6 Å². The van der Waals surface area contributed by atoms with Crippen LogP contribution in [0.2, 0.25) is 0 Å². The molecule has 0 aliphatic carbocycles. The van der Waals surface area contributed by atoms with Crippen molar-refractivity contribution in [1.82, 2.24) is 25.4 Å². The molecule has 256 valence electrons. The molecule has 2 amide bonds. The Morgan fingerprint density at radius 2 is 1.91 bits per heavy atom. The summed E-state index contributed by atoms with van der Waals surface area (Å²) < 4.78 is 11.7. The van der Waals surface area contributed by atoms with Crippen molar-refractivity contribution in [3.8, 4) is 0 Å². The van der Waals surface area contributed by atoms with E-state index in [1.807, 2.05) is 27.7 Å². The summed E-state index contributed by atoms with van der Waals surface area (Å²) in [5.74, 6) is -1.44. The Bertz CT molecular complexity index is 1240. The summed E-state index contributed by atoms with van der Waals surface area (Å²) in [7, 11) is 0. The monoisotopic (exact) mass is 643 g/mol. The molecule has 0 radical (unpaired) electrons. The molecule has 2 bridgehead atoms. The summed E-state index contributed by atoms with van der Waals surface area (Å²) in [4.78, 5) is 48.3. The Labute approximate surface area is 272 Å². The van der Waals surface area contributed by atoms with E-state index in [1.165, 1.54) is 17.2 Å². The molecular formula is C34H53N5O7. The predicted molar refractivity (Wildman–Crippen MR) is 175 cm³/mol. The minimum atomic E-state index is -0.971. The van der Waals surface area contributed by atoms with Gasteiger partial charge in [0, 0.05) is 44.6 Å². The maximum absolute atomic E-state index is 13.9. The molecule has 3 rings (SSSR count). The van der Waals surface area contributed by atoms with Crippen LogP contribution in [-0.4, -0.2) is 112 Å². The van der Waals surface area contributed by atoms with Gasteiger partial charge >= 0.3 is 5.97 Å². The van der Waals surface area contributed by atoms with Crippen molar-refractivity contribution in [1.29, 1.82) is 0 Å². The first-order valence-corrected chi connectivity index (χ1v) is 16.5. The molecule has 2 unspecified atom stereocenters. The lowest BCUT2D eigenvalue weighted by molar-refractivity contribution is -0.158. The number of carbonyl (C=O) groups is 3. The van der Waals surface area contributed by atoms with Gasteiger partial charge in [-0.2, -0.15) is 0 Å². The zero-order chi connectivity index (χ0) is 33.8. The maximum atomic E-state index is 13.9. The summed E-state index contributed by atoms with van der Waals surface area (Å²) in [5.41, 5.74) is 0.800. The van der Waals surface area contributed by atoms with E-state index in [9.17, 15) is 24.6 Å². The van der Waals surface area contributed by atoms with E-state index in [1.54, 1.807) is 24.3 Å². The number of cyclic esters (lactones) is 1. The third-order valence-electron chi connectivity index (χ3n) is 8.53. The number of rotatable bonds is 7. The first-order chi connectivity index (χ1) is 21.9. The number of aliphatic hydroxyl groups excluding tert-OH is 2. The number of oxazole rings is 1. The molecule has 0 spiro atoms. The second-order valence-corrected chi connectivity index (χ2v) is 12.5. The molecule has 12 nitrogen and oxygen atoms in total. The van der Waals surface area contributed by atoms with Crippen LogP contribution in [0, 0.1) is 11.8 Å². The van der Waals surface area contributed by atoms with Gasteiger partial charge in [0.25, 0.3) is 5.91 Å². The maximum Gasteiger partial charge on any atom is 0.330 e. The van der Waals surface area contributed by atoms with Gasteiger partial charge in [0.05, 0.1) is 18.6 Å². The second-order valence-electron chi connectivity index (χ2n) is 12.5. The van der Waals surface area contributed by atoms with Gasteiger partial charge in [-0.05, 0) is 38.4 Å². The van der Waals surface area contributed by atoms with Crippen molar-refractivity contribution in [2.45, 2.75) is 91.2 Å². The van der Waals surface area contributed by atoms with Crippen molar-refractivity contribution in [3.63, 3.8) is 0 Å². The number of esters is 1. The first-order valence-electron chi connectivity index (χ1n) is 16.5. The molecule has 1 aromatic heterocycles. The number of hydrogen-bond acceptors (Lipinski definition) is 10. The van der Waals surface area contributed by atoms with Crippen molar-refractivity contribution in [2.24, 2.45) is 11.8 Å². The second kappa shape index (κ2) is 18.1. The lowest BCUT2D eigenvalue weighted by Crippen LogP contribution is -2.52. The number of allylic oxidation sites excluding steroid dienone is 2. The zero-order valence-corrected chi connectivity index (χ0v) is 28.1. The van der Waals surface area contributed by atoms with Crippen molar-refractivity contribution < 1.29 is 33.8 Å². The number of ether oxygens (including phenoxy) is 1. The Kier molecular flexibility index (Phi) is 14.6. The van der Waals surface area contributed by atoms with Gasteiger partial charge < -0.3 is 39.8 Å². The first kappa shape index (κ1) is 37.1. The molecule has 4 N–H and O–H groups in total. The van der Waals surface area contributed by atoms with E-state index in [0.717, 1.165) is 25.2 Å². The van der Waals surface area contributed by atoms with Crippen LogP contribution in [0.25, 0.3) is 0 Å². The quantitative estimate of drug-likeness (QED) is 0.325. The highest BCUT2D eigenvalue weighted by molar-refractivity contribution is 5.95. The van der Waals surface area contributed by atoms with Crippen LogP contribution in [-0.2, 0) is 20.7 Å². The highest BCUT2D eigenvalue weighted by atomic mass is 16.5. The lowest BCUT2D eigenvalue weighted by atomic mass is 9.94. The van der Waals surface area contributed by atoms with E-state index in [0.29, 0.717) is 19.5 Å². The number of carbonyl (C=O) groups excluding carboxylic acids is 3. The third kappa shape index (κ3) is 10.9. The average Bonchev–Trinajstić information content (AvgIpc) is 3.65. The molecular weight excluding hydrogens is 590 g/mol. The number of aromatic nitrogens is 1. The summed E-state index contributed by atoms with van der Waals surface area (Å²) in [6.07, 6.45) is 7.73. The van der Waals surface area contributed by atoms with E-state index < -0.39 is 36.2 Å². The fourth-order valence-electron chi connectivity index (χ4n) is 5.98. The normalized spacial score (nSPS) is 30.0. The molecule has 12 heteroatoms. The minimum absolute atomic E-state index is 0.00105. The van der Waals surface area contributed by atoms with Crippen molar-refractivity contribution in [3.05, 3.63) is 53.8 Å². The molecule has 0 aromatic carbocycles. The van der Waals surface area contributed by atoms with Crippen molar-refractivity contribution in [2.75, 3.05) is 39.3 Å². The fourth-order valence-corrected chi connectivity index (χ4v) is 5.98. The fraction of sp³-hybridized carbons (Fsp3) is 0.647. The van der Waals surface area contributed by atoms with Gasteiger partial charge in [0.15, 0.2) is 11.6 Å². The molecule has 2 aliphatic rings. The highest BCUT2D eigenvalue weighted by Crippen LogP contribution is 2.26. The van der Waals surface area contributed by atoms with Crippen LogP contribution >= 0.6 is 0 Å². The summed E-state index contributed by atoms with van der Waals surface area (Å²) in [6, 6.07) is -1.22. The topological polar surface area (TPSA) is 157 Å². The van der Waals surface area contributed by atoms with Crippen LogP contribution in [0.15, 0.2) is 46.6 Å². The Balaban J connectivity index is 1.91. The van der Waals surface area contributed by atoms with E-state index in [-0.39, 0.29) is 54.8 Å². The number of nitrogens with zero attached hydrogens (tertiary/aromatic N) is 3. The van der Waals surface area contributed by atoms with Gasteiger partial charge in [-0.15, -0.1) is 0 Å². The van der Waals surface area contributed by atoms with Crippen LogP contribution in [0.3, 0.4) is 0 Å². The van der Waals surface area contributed by atoms with Crippen molar-refractivity contribution >= 4 is 17.8 Å². The number of aliphatic hydroxyl groups is 2. The molecule has 46 heavy (non-hydrogen) atoms. The number of likely N-dealkylation sites (N-methyl/N-ethyl adjacent to an activating group) is 1. The Hall–Kier alpha value is -3.32. The smallest absolute Gasteiger partial charge is 0.330 e. The van der Waals surface area contributed by atoms with E-state index in [2.05, 4.69) is 34.4 Å². The summed E-state index contributed by atoms with van der Waals surface area (Å²) in [6.45, 7) is 15.7. The molecule has 0 saturated carbocycles. The van der Waals surface area contributed by atoms with Crippen LogP contribution in [0.1, 0.15) is 70.8 Å². The number of nitrogens with one attached hydrogen (secondary N) is 2. The standard InChI is InChI=1S/C34H53N5O7/c1-7-38(8-2)17-15-35-27-13-16-39-31(27)34(44)46-32(22(3)4)24(6)11-12-29(42)36-14-9-10-23(5)18-25(40)19-26(41)20-30-37-28(21-45-30)33(39)43/h9-12,18,21-22,24-27,31-32,35,40-41H,7-8,13-17,19-20H2,1-6H3,(H,36,42)/b10-9+,12-11+,23-18+/t24-,25-,26-,27?,31?,32-/m1/s1. The predicted octanol–water partition coefficient (Wildman–Crippen LogP) is 2.24. The van der Waals surface area contributed by atoms with Crippen LogP contribution in [0.5, 0.6) is 0 Å². The molecule has 1 fully saturated rings. The molecule has 1 aromatic rings. The summed E-state index contributed by atoms with van der Waals surface area (Å²) >= 11 is 0. The SMILES string of the molecule is CCN(CC)CCNC1CCN2C(=O)c3coc(n3)C[C@H](O)C[C@H](O)/C=C(C)/C=C/CNC(=O)/C=C/[C@@H](C)[C@@H](C(C)C)OC(=O)C12. The zero-order valence-electron chi connectivity index (χ0n) is 28.1. The van der Waals surface area contributed by atoms with Gasteiger partial charge in [-0.1, -0.05) is 64.5 Å². The molecule has 3 heterocycles. The Morgan fingerprint density at radius 1 is 1.17 bits per heavy atom. The van der Waals surface area contributed by atoms with Gasteiger partial charge in [0.1, 0.15) is 18.4 Å². The average molecular weight is 644 g/mol. The van der Waals surface area contributed by atoms with Crippen LogP contribution in [0.4, 0.5) is 0 Å². The largest absolute Gasteiger partial charge is 0.460 e. The minimum Gasteiger partial charge on any atom is -0.460 e. The lowest BCUT2D eigenvalue weighted by Gasteiger charge is -2.31. The number of amides is 2. The van der Waals surface area contributed by atoms with Gasteiger partial charge in [0.2, 0.25) is 5.91 Å². The van der Waals surface area contributed by atoms with E-state index >= 15 is 0 Å². The molecule has 1 saturated heterocycles. The van der Waals surface area contributed by atoms with E-state index in [4.69, 9.17) is 9.15 Å². The van der Waals surface area contributed by atoms with Gasteiger partial charge in [-0.3, -0.25) is 9.59 Å². The molecule has 2 aliphatic heterocycles. The van der Waals surface area contributed by atoms with Gasteiger partial charge in [-0.25, -0.2) is 9.78 Å². The summed E-state index contributed by atoms with van der Waals surface area (Å²) in [5, 5.41) is 27.3.